The Kier molecular flexibility index (Phi) is 3.37. The van der Waals surface area contributed by atoms with Gasteiger partial charge in [0, 0.05) is 14.6 Å². The van der Waals surface area contributed by atoms with E-state index in [9.17, 15) is 0 Å². The van der Waals surface area contributed by atoms with E-state index in [2.05, 4.69) is 48.2 Å². The van der Waals surface area contributed by atoms with Crippen LogP contribution >= 0.6 is 43.2 Å². The summed E-state index contributed by atoms with van der Waals surface area (Å²) in [7, 11) is 0. The third-order valence-corrected chi connectivity index (χ3v) is 4.40. The van der Waals surface area contributed by atoms with Crippen LogP contribution in [0.1, 0.15) is 0 Å². The van der Waals surface area contributed by atoms with E-state index < -0.39 is 0 Å². The highest BCUT2D eigenvalue weighted by Gasteiger charge is 2.04. The normalized spacial score (nSPS) is 10.8. The number of aromatic nitrogens is 1. The van der Waals surface area contributed by atoms with Crippen molar-refractivity contribution < 1.29 is 0 Å². The summed E-state index contributed by atoms with van der Waals surface area (Å²) in [5.41, 5.74) is 2.05. The summed E-state index contributed by atoms with van der Waals surface area (Å²) in [6.45, 7) is 0. The first-order chi connectivity index (χ1) is 8.70. The molecule has 0 spiro atoms. The van der Waals surface area contributed by atoms with Crippen molar-refractivity contribution in [3.05, 3.63) is 51.4 Å². The van der Waals surface area contributed by atoms with Crippen LogP contribution in [0, 0.1) is 0 Å². The van der Waals surface area contributed by atoms with Crippen molar-refractivity contribution in [2.24, 2.45) is 0 Å². The summed E-state index contributed by atoms with van der Waals surface area (Å²) in [5.74, 6) is 0. The Hall–Kier alpha value is -0.910. The maximum Gasteiger partial charge on any atom is 0.188 e. The Morgan fingerprint density at radius 2 is 1.67 bits per heavy atom. The molecule has 0 saturated heterocycles. The molecule has 18 heavy (non-hydrogen) atoms. The molecule has 1 aromatic heterocycles. The zero-order chi connectivity index (χ0) is 12.5. The largest absolute Gasteiger partial charge is 0.332 e. The fourth-order valence-electron chi connectivity index (χ4n) is 1.61. The van der Waals surface area contributed by atoms with Crippen LogP contribution in [0.5, 0.6) is 0 Å². The molecule has 0 amide bonds. The monoisotopic (exact) mass is 382 g/mol. The standard InChI is InChI=1S/C13H8Br2N2S/c14-8-1-4-10(5-2-8)16-13-17-11-6-3-9(15)7-12(11)18-13/h1-7H,(H,16,17). The van der Waals surface area contributed by atoms with E-state index in [0.717, 1.165) is 25.3 Å². The van der Waals surface area contributed by atoms with Crippen molar-refractivity contribution in [1.29, 1.82) is 0 Å². The van der Waals surface area contributed by atoms with Gasteiger partial charge in [-0.2, -0.15) is 0 Å². The summed E-state index contributed by atoms with van der Waals surface area (Å²) in [5, 5.41) is 4.22. The van der Waals surface area contributed by atoms with E-state index in [1.807, 2.05) is 36.4 Å². The van der Waals surface area contributed by atoms with Gasteiger partial charge in [-0.15, -0.1) is 0 Å². The zero-order valence-electron chi connectivity index (χ0n) is 9.15. The number of hydrogen-bond donors (Lipinski definition) is 1. The van der Waals surface area contributed by atoms with E-state index in [4.69, 9.17) is 0 Å². The summed E-state index contributed by atoms with van der Waals surface area (Å²) >= 11 is 8.54. The number of hydrogen-bond acceptors (Lipinski definition) is 3. The fourth-order valence-corrected chi connectivity index (χ4v) is 3.31. The van der Waals surface area contributed by atoms with Crippen molar-refractivity contribution in [2.75, 3.05) is 5.32 Å². The van der Waals surface area contributed by atoms with Gasteiger partial charge in [0.2, 0.25) is 0 Å². The maximum absolute atomic E-state index is 4.55. The van der Waals surface area contributed by atoms with Crippen LogP contribution < -0.4 is 5.32 Å². The Morgan fingerprint density at radius 1 is 0.944 bits per heavy atom. The summed E-state index contributed by atoms with van der Waals surface area (Å²) in [4.78, 5) is 4.55. The van der Waals surface area contributed by atoms with E-state index in [1.165, 1.54) is 4.70 Å². The van der Waals surface area contributed by atoms with Gasteiger partial charge in [0.1, 0.15) is 0 Å². The minimum atomic E-state index is 0.908. The number of nitrogens with one attached hydrogen (secondary N) is 1. The number of rotatable bonds is 2. The van der Waals surface area contributed by atoms with Crippen LogP contribution in [0.3, 0.4) is 0 Å². The number of nitrogens with zero attached hydrogens (tertiary/aromatic N) is 1. The van der Waals surface area contributed by atoms with Crippen LogP contribution in [0.2, 0.25) is 0 Å². The Morgan fingerprint density at radius 3 is 2.44 bits per heavy atom. The molecule has 2 nitrogen and oxygen atoms in total. The predicted molar refractivity (Wildman–Crippen MR) is 84.7 cm³/mol. The molecule has 0 fully saturated rings. The average molecular weight is 384 g/mol. The first kappa shape index (κ1) is 12.1. The minimum absolute atomic E-state index is 0.908. The first-order valence-corrected chi connectivity index (χ1v) is 7.70. The van der Waals surface area contributed by atoms with E-state index in [0.29, 0.717) is 0 Å². The Balaban J connectivity index is 1.92. The molecule has 3 aromatic rings. The molecule has 0 aliphatic carbocycles. The molecule has 0 atom stereocenters. The van der Waals surface area contributed by atoms with Gasteiger partial charge in [-0.25, -0.2) is 4.98 Å². The van der Waals surface area contributed by atoms with Crippen LogP contribution in [-0.4, -0.2) is 4.98 Å². The maximum atomic E-state index is 4.55. The van der Waals surface area contributed by atoms with E-state index >= 15 is 0 Å². The molecular formula is C13H8Br2N2S. The van der Waals surface area contributed by atoms with Crippen molar-refractivity contribution in [3.63, 3.8) is 0 Å². The lowest BCUT2D eigenvalue weighted by Gasteiger charge is -2.01. The van der Waals surface area contributed by atoms with Gasteiger partial charge >= 0.3 is 0 Å². The smallest absolute Gasteiger partial charge is 0.188 e. The first-order valence-electron chi connectivity index (χ1n) is 5.29. The Bertz CT molecular complexity index is 692. The van der Waals surface area contributed by atoms with Crippen LogP contribution in [0.4, 0.5) is 10.8 Å². The predicted octanol–water partition coefficient (Wildman–Crippen LogP) is 5.56. The third-order valence-electron chi connectivity index (χ3n) is 2.45. The molecular weight excluding hydrogens is 376 g/mol. The molecule has 0 aliphatic rings. The third kappa shape index (κ3) is 2.58. The number of benzene rings is 2. The summed E-state index contributed by atoms with van der Waals surface area (Å²) in [6.07, 6.45) is 0. The highest BCUT2D eigenvalue weighted by molar-refractivity contribution is 9.10. The highest BCUT2D eigenvalue weighted by Crippen LogP contribution is 2.30. The lowest BCUT2D eigenvalue weighted by Crippen LogP contribution is -1.87. The van der Waals surface area contributed by atoms with Crippen LogP contribution in [0.25, 0.3) is 10.2 Å². The molecule has 90 valence electrons. The molecule has 1 N–H and O–H groups in total. The lowest BCUT2D eigenvalue weighted by atomic mass is 10.3. The fraction of sp³-hybridized carbons (Fsp3) is 0. The summed E-state index contributed by atoms with van der Waals surface area (Å²) in [6, 6.07) is 14.2. The topological polar surface area (TPSA) is 24.9 Å². The molecule has 0 unspecified atom stereocenters. The molecule has 0 saturated carbocycles. The molecule has 1 heterocycles. The number of thiazole rings is 1. The van der Waals surface area contributed by atoms with Crippen LogP contribution in [-0.2, 0) is 0 Å². The quantitative estimate of drug-likeness (QED) is 0.626. The van der Waals surface area contributed by atoms with Crippen LogP contribution in [0.15, 0.2) is 51.4 Å². The van der Waals surface area contributed by atoms with Gasteiger partial charge in [0.05, 0.1) is 10.2 Å². The second-order valence-electron chi connectivity index (χ2n) is 3.76. The van der Waals surface area contributed by atoms with Crippen molar-refractivity contribution in [3.8, 4) is 0 Å². The van der Waals surface area contributed by atoms with Gasteiger partial charge in [-0.05, 0) is 42.5 Å². The minimum Gasteiger partial charge on any atom is -0.332 e. The number of anilines is 2. The molecule has 5 heteroatoms. The van der Waals surface area contributed by atoms with Gasteiger partial charge in [-0.1, -0.05) is 43.2 Å². The molecule has 0 radical (unpaired) electrons. The zero-order valence-corrected chi connectivity index (χ0v) is 13.1. The molecule has 3 rings (SSSR count). The van der Waals surface area contributed by atoms with E-state index in [1.54, 1.807) is 11.3 Å². The molecule has 0 bridgehead atoms. The lowest BCUT2D eigenvalue weighted by molar-refractivity contribution is 1.44. The SMILES string of the molecule is Brc1ccc(Nc2nc3ccc(Br)cc3s2)cc1. The highest BCUT2D eigenvalue weighted by atomic mass is 79.9. The molecule has 0 aliphatic heterocycles. The van der Waals surface area contributed by atoms with Crippen molar-refractivity contribution in [1.82, 2.24) is 4.98 Å². The van der Waals surface area contributed by atoms with Gasteiger partial charge in [-0.3, -0.25) is 0 Å². The van der Waals surface area contributed by atoms with Crippen molar-refractivity contribution >= 4 is 64.2 Å². The van der Waals surface area contributed by atoms with E-state index in [-0.39, 0.29) is 0 Å². The summed E-state index contributed by atoms with van der Waals surface area (Å²) < 4.78 is 3.32. The Labute approximate surface area is 125 Å². The number of fused-ring (bicyclic) bond motifs is 1. The molecule has 2 aromatic carbocycles. The second kappa shape index (κ2) is 4.99. The second-order valence-corrected chi connectivity index (χ2v) is 6.62. The van der Waals surface area contributed by atoms with Gasteiger partial charge in [0.15, 0.2) is 5.13 Å². The van der Waals surface area contributed by atoms with Gasteiger partial charge < -0.3 is 5.32 Å². The van der Waals surface area contributed by atoms with Crippen molar-refractivity contribution in [2.45, 2.75) is 0 Å². The average Bonchev–Trinajstić information content (AvgIpc) is 2.73. The number of halogens is 2. The van der Waals surface area contributed by atoms with Gasteiger partial charge in [0.25, 0.3) is 0 Å².